The first kappa shape index (κ1) is 17.3. The Morgan fingerprint density at radius 3 is 2.85 bits per heavy atom. The number of carbonyl (C=O) groups is 1. The molecular formula is C13H23ClN4OS. The van der Waals surface area contributed by atoms with Crippen LogP contribution in [0, 0.1) is 5.92 Å². The van der Waals surface area contributed by atoms with Gasteiger partial charge in [-0.25, -0.2) is 0 Å². The van der Waals surface area contributed by atoms with Gasteiger partial charge in [0.15, 0.2) is 0 Å². The molecule has 2 atom stereocenters. The fourth-order valence-electron chi connectivity index (χ4n) is 2.25. The monoisotopic (exact) mass is 318 g/mol. The van der Waals surface area contributed by atoms with Gasteiger partial charge in [0.05, 0.1) is 6.54 Å². The number of aromatic nitrogens is 2. The highest BCUT2D eigenvalue weighted by atomic mass is 35.5. The first-order chi connectivity index (χ1) is 9.06. The maximum atomic E-state index is 12.1. The summed E-state index contributed by atoms with van der Waals surface area (Å²) in [5, 5.41) is 16.5. The molecule has 114 valence electrons. The molecule has 0 aromatic carbocycles. The second kappa shape index (κ2) is 7.90. The second-order valence-corrected chi connectivity index (χ2v) is 6.58. The molecule has 20 heavy (non-hydrogen) atoms. The van der Waals surface area contributed by atoms with E-state index in [-0.39, 0.29) is 24.2 Å². The molecule has 0 saturated carbocycles. The number of amides is 1. The summed E-state index contributed by atoms with van der Waals surface area (Å²) < 4.78 is 0. The second-order valence-electron chi connectivity index (χ2n) is 5.48. The molecule has 1 amide bonds. The van der Waals surface area contributed by atoms with Crippen molar-refractivity contribution >= 4 is 29.7 Å². The molecule has 7 heteroatoms. The van der Waals surface area contributed by atoms with Gasteiger partial charge in [0.2, 0.25) is 5.91 Å². The predicted molar refractivity (Wildman–Crippen MR) is 83.3 cm³/mol. The summed E-state index contributed by atoms with van der Waals surface area (Å²) in [6, 6.07) is 0.429. The van der Waals surface area contributed by atoms with Gasteiger partial charge in [0.25, 0.3) is 0 Å². The lowest BCUT2D eigenvalue weighted by molar-refractivity contribution is -0.126. The molecule has 5 nitrogen and oxygen atoms in total. The molecule has 2 N–H and O–H groups in total. The fourth-order valence-corrected chi connectivity index (χ4v) is 3.03. The minimum atomic E-state index is 0. The van der Waals surface area contributed by atoms with Crippen LogP contribution in [0.2, 0.25) is 0 Å². The predicted octanol–water partition coefficient (Wildman–Crippen LogP) is 2.09. The van der Waals surface area contributed by atoms with Crippen LogP contribution in [0.15, 0.2) is 0 Å². The number of hydrogen-bond donors (Lipinski definition) is 2. The van der Waals surface area contributed by atoms with Gasteiger partial charge < -0.3 is 10.6 Å². The van der Waals surface area contributed by atoms with Crippen LogP contribution in [0.1, 0.15) is 49.5 Å². The molecule has 1 saturated heterocycles. The van der Waals surface area contributed by atoms with Crippen LogP contribution in [0.25, 0.3) is 0 Å². The number of nitrogens with one attached hydrogen (secondary N) is 2. The third-order valence-electron chi connectivity index (χ3n) is 3.38. The van der Waals surface area contributed by atoms with Crippen molar-refractivity contribution in [2.45, 2.75) is 52.1 Å². The average molecular weight is 319 g/mol. The largest absolute Gasteiger partial charge is 0.349 e. The van der Waals surface area contributed by atoms with Gasteiger partial charge in [0.1, 0.15) is 10.0 Å². The van der Waals surface area contributed by atoms with Crippen LogP contribution in [-0.4, -0.2) is 28.7 Å². The van der Waals surface area contributed by atoms with Gasteiger partial charge in [-0.2, -0.15) is 0 Å². The first-order valence-corrected chi connectivity index (χ1v) is 7.71. The van der Waals surface area contributed by atoms with Crippen molar-refractivity contribution in [3.63, 3.8) is 0 Å². The third-order valence-corrected chi connectivity index (χ3v) is 4.61. The highest BCUT2D eigenvalue weighted by molar-refractivity contribution is 7.11. The molecule has 1 aromatic rings. The maximum Gasteiger partial charge on any atom is 0.223 e. The molecule has 2 rings (SSSR count). The Bertz CT molecular complexity index is 438. The molecule has 0 bridgehead atoms. The van der Waals surface area contributed by atoms with Crippen LogP contribution in [0.5, 0.6) is 0 Å². The van der Waals surface area contributed by atoms with E-state index in [0.29, 0.717) is 18.5 Å². The molecule has 1 aliphatic rings. The zero-order chi connectivity index (χ0) is 13.8. The van der Waals surface area contributed by atoms with Crippen LogP contribution in [-0.2, 0) is 11.3 Å². The topological polar surface area (TPSA) is 66.9 Å². The molecule has 0 spiro atoms. The van der Waals surface area contributed by atoms with Crippen molar-refractivity contribution in [2.24, 2.45) is 5.92 Å². The minimum absolute atomic E-state index is 0. The fraction of sp³-hybridized carbons (Fsp3) is 0.769. The van der Waals surface area contributed by atoms with E-state index < -0.39 is 0 Å². The Morgan fingerprint density at radius 1 is 1.50 bits per heavy atom. The quantitative estimate of drug-likeness (QED) is 0.892. The molecule has 1 fully saturated rings. The van der Waals surface area contributed by atoms with Crippen LogP contribution < -0.4 is 10.6 Å². The zero-order valence-electron chi connectivity index (χ0n) is 12.2. The van der Waals surface area contributed by atoms with Crippen molar-refractivity contribution in [2.75, 3.05) is 6.54 Å². The Labute approximate surface area is 130 Å². The number of halogens is 1. The van der Waals surface area contributed by atoms with Crippen LogP contribution in [0.4, 0.5) is 0 Å². The molecule has 0 radical (unpaired) electrons. The number of rotatable bonds is 4. The Morgan fingerprint density at radius 2 is 2.25 bits per heavy atom. The van der Waals surface area contributed by atoms with Crippen LogP contribution in [0.3, 0.4) is 0 Å². The first-order valence-electron chi connectivity index (χ1n) is 6.89. The lowest BCUT2D eigenvalue weighted by Gasteiger charge is -2.26. The Hall–Kier alpha value is -0.720. The zero-order valence-corrected chi connectivity index (χ0v) is 13.8. The summed E-state index contributed by atoms with van der Waals surface area (Å²) in [6.07, 6.45) is 1.84. The van der Waals surface area contributed by atoms with E-state index in [1.54, 1.807) is 11.3 Å². The molecule has 1 aliphatic heterocycles. The van der Waals surface area contributed by atoms with Gasteiger partial charge in [-0.05, 0) is 26.3 Å². The lowest BCUT2D eigenvalue weighted by atomic mass is 9.92. The van der Waals surface area contributed by atoms with Crippen molar-refractivity contribution in [1.82, 2.24) is 20.8 Å². The summed E-state index contributed by atoms with van der Waals surface area (Å²) >= 11 is 1.58. The van der Waals surface area contributed by atoms with E-state index >= 15 is 0 Å². The standard InChI is InChI=1S/C13H22N4OS.ClH/c1-8(2)13-17-16-11(19-13)7-15-12(18)10-4-5-14-9(3)6-10;/h8-10,14H,4-7H2,1-3H3,(H,15,18);1H/t9-,10-;/m0./s1. The van der Waals surface area contributed by atoms with E-state index in [2.05, 4.69) is 41.6 Å². The van der Waals surface area contributed by atoms with Crippen molar-refractivity contribution in [3.05, 3.63) is 10.0 Å². The Balaban J connectivity index is 0.00000200. The van der Waals surface area contributed by atoms with Crippen molar-refractivity contribution in [3.8, 4) is 0 Å². The molecule has 1 aromatic heterocycles. The average Bonchev–Trinajstić information content (AvgIpc) is 2.85. The molecule has 0 aliphatic carbocycles. The summed E-state index contributed by atoms with van der Waals surface area (Å²) in [5.74, 6) is 0.676. The highest BCUT2D eigenvalue weighted by Crippen LogP contribution is 2.19. The van der Waals surface area contributed by atoms with Gasteiger partial charge in [-0.15, -0.1) is 22.6 Å². The summed E-state index contributed by atoms with van der Waals surface area (Å²) in [4.78, 5) is 12.1. The SMILES string of the molecule is CC(C)c1nnc(CNC(=O)[C@H]2CCN[C@@H](C)C2)s1.Cl. The normalized spacial score (nSPS) is 22.4. The smallest absolute Gasteiger partial charge is 0.223 e. The van der Waals surface area contributed by atoms with Crippen molar-refractivity contribution < 1.29 is 4.79 Å². The number of hydrogen-bond acceptors (Lipinski definition) is 5. The van der Waals surface area contributed by atoms with Gasteiger partial charge in [-0.3, -0.25) is 4.79 Å². The molecule has 2 heterocycles. The molecular weight excluding hydrogens is 296 g/mol. The van der Waals surface area contributed by atoms with E-state index in [1.165, 1.54) is 0 Å². The van der Waals surface area contributed by atoms with E-state index in [0.717, 1.165) is 29.4 Å². The minimum Gasteiger partial charge on any atom is -0.349 e. The lowest BCUT2D eigenvalue weighted by Crippen LogP contribution is -2.42. The third kappa shape index (κ3) is 4.68. The van der Waals surface area contributed by atoms with Gasteiger partial charge >= 0.3 is 0 Å². The summed E-state index contributed by atoms with van der Waals surface area (Å²) in [5.41, 5.74) is 0. The number of piperidine rings is 1. The summed E-state index contributed by atoms with van der Waals surface area (Å²) in [6.45, 7) is 7.74. The van der Waals surface area contributed by atoms with E-state index in [4.69, 9.17) is 0 Å². The molecule has 0 unspecified atom stereocenters. The number of nitrogens with zero attached hydrogens (tertiary/aromatic N) is 2. The Kier molecular flexibility index (Phi) is 6.85. The van der Waals surface area contributed by atoms with Gasteiger partial charge in [-0.1, -0.05) is 25.2 Å². The summed E-state index contributed by atoms with van der Waals surface area (Å²) in [7, 11) is 0. The van der Waals surface area contributed by atoms with Gasteiger partial charge in [0, 0.05) is 17.9 Å². The van der Waals surface area contributed by atoms with E-state index in [1.807, 2.05) is 0 Å². The maximum absolute atomic E-state index is 12.1. The number of carbonyl (C=O) groups excluding carboxylic acids is 1. The highest BCUT2D eigenvalue weighted by Gasteiger charge is 2.24. The van der Waals surface area contributed by atoms with Crippen molar-refractivity contribution in [1.29, 1.82) is 0 Å². The van der Waals surface area contributed by atoms with E-state index in [9.17, 15) is 4.79 Å². The van der Waals surface area contributed by atoms with Crippen LogP contribution >= 0.6 is 23.7 Å².